The van der Waals surface area contributed by atoms with E-state index in [0.717, 1.165) is 42.3 Å². The van der Waals surface area contributed by atoms with Crippen molar-refractivity contribution in [1.82, 2.24) is 0 Å². The van der Waals surface area contributed by atoms with E-state index in [4.69, 9.17) is 9.47 Å². The van der Waals surface area contributed by atoms with Gasteiger partial charge in [0, 0.05) is 12.2 Å². The molecule has 0 amide bonds. The second kappa shape index (κ2) is 9.09. The van der Waals surface area contributed by atoms with Gasteiger partial charge in [-0.1, -0.05) is 32.0 Å². The van der Waals surface area contributed by atoms with Gasteiger partial charge in [-0.2, -0.15) is 0 Å². The van der Waals surface area contributed by atoms with Crippen LogP contribution in [0.3, 0.4) is 0 Å². The summed E-state index contributed by atoms with van der Waals surface area (Å²) in [4.78, 5) is 0. The molecule has 23 heavy (non-hydrogen) atoms. The Kier molecular flexibility index (Phi) is 6.79. The Bertz CT molecular complexity index is 578. The molecule has 0 fully saturated rings. The zero-order valence-corrected chi connectivity index (χ0v) is 14.3. The monoisotopic (exact) mass is 313 g/mol. The molecule has 0 atom stereocenters. The van der Waals surface area contributed by atoms with Crippen LogP contribution < -0.4 is 14.8 Å². The molecule has 0 unspecified atom stereocenters. The van der Waals surface area contributed by atoms with Gasteiger partial charge in [0.1, 0.15) is 18.1 Å². The summed E-state index contributed by atoms with van der Waals surface area (Å²) in [6.45, 7) is 8.64. The third-order valence-corrected chi connectivity index (χ3v) is 3.60. The average Bonchev–Trinajstić information content (AvgIpc) is 2.54. The number of nitrogens with one attached hydrogen (secondary N) is 1. The molecule has 0 bridgehead atoms. The summed E-state index contributed by atoms with van der Waals surface area (Å²) >= 11 is 0. The molecular weight excluding hydrogens is 286 g/mol. The molecule has 0 spiro atoms. The molecule has 0 aromatic heterocycles. The van der Waals surface area contributed by atoms with Gasteiger partial charge in [-0.15, -0.1) is 0 Å². The van der Waals surface area contributed by atoms with Gasteiger partial charge in [-0.3, -0.25) is 0 Å². The van der Waals surface area contributed by atoms with Crippen LogP contribution in [0, 0.1) is 12.8 Å². The van der Waals surface area contributed by atoms with Gasteiger partial charge >= 0.3 is 0 Å². The summed E-state index contributed by atoms with van der Waals surface area (Å²) in [6, 6.07) is 16.2. The number of aryl methyl sites for hydroxylation is 1. The molecule has 2 rings (SSSR count). The molecule has 3 heteroatoms. The fourth-order valence-electron chi connectivity index (χ4n) is 2.16. The lowest BCUT2D eigenvalue weighted by Crippen LogP contribution is -2.11. The van der Waals surface area contributed by atoms with Gasteiger partial charge in [-0.05, 0) is 55.2 Å². The summed E-state index contributed by atoms with van der Waals surface area (Å²) in [5, 5.41) is 3.36. The lowest BCUT2D eigenvalue weighted by atomic mass is 10.1. The largest absolute Gasteiger partial charge is 0.494 e. The van der Waals surface area contributed by atoms with Crippen molar-refractivity contribution in [2.45, 2.75) is 27.2 Å². The number of anilines is 1. The molecule has 2 aromatic rings. The molecule has 2 aromatic carbocycles. The van der Waals surface area contributed by atoms with E-state index in [0.29, 0.717) is 12.5 Å². The fraction of sp³-hybridized carbons (Fsp3) is 0.400. The zero-order valence-electron chi connectivity index (χ0n) is 14.3. The second-order valence-electron chi connectivity index (χ2n) is 6.10. The van der Waals surface area contributed by atoms with Gasteiger partial charge in [0.15, 0.2) is 0 Å². The first-order chi connectivity index (χ1) is 11.1. The van der Waals surface area contributed by atoms with Crippen molar-refractivity contribution in [3.8, 4) is 11.5 Å². The van der Waals surface area contributed by atoms with Crippen LogP contribution in [-0.2, 0) is 0 Å². The van der Waals surface area contributed by atoms with E-state index < -0.39 is 0 Å². The molecule has 124 valence electrons. The van der Waals surface area contributed by atoms with Crippen molar-refractivity contribution in [3.05, 3.63) is 54.1 Å². The van der Waals surface area contributed by atoms with Crippen LogP contribution in [0.1, 0.15) is 25.8 Å². The smallest absolute Gasteiger partial charge is 0.122 e. The van der Waals surface area contributed by atoms with Crippen molar-refractivity contribution in [1.29, 1.82) is 0 Å². The maximum Gasteiger partial charge on any atom is 0.122 e. The minimum atomic E-state index is 0.636. The lowest BCUT2D eigenvalue weighted by Gasteiger charge is -2.11. The summed E-state index contributed by atoms with van der Waals surface area (Å²) in [7, 11) is 0. The first kappa shape index (κ1) is 17.2. The molecule has 1 N–H and O–H groups in total. The Morgan fingerprint density at radius 2 is 1.65 bits per heavy atom. The van der Waals surface area contributed by atoms with E-state index in [1.165, 1.54) is 0 Å². The lowest BCUT2D eigenvalue weighted by molar-refractivity contribution is 0.289. The Labute approximate surface area is 139 Å². The highest BCUT2D eigenvalue weighted by atomic mass is 16.5. The molecule has 0 aliphatic heterocycles. The van der Waals surface area contributed by atoms with E-state index in [1.807, 2.05) is 42.5 Å². The SMILES string of the molecule is Cc1ccccc1OCCNc1ccc(OCCC(C)C)cc1. The van der Waals surface area contributed by atoms with Crippen LogP contribution >= 0.6 is 0 Å². The number of ether oxygens (including phenoxy) is 2. The number of para-hydroxylation sites is 1. The highest BCUT2D eigenvalue weighted by molar-refractivity contribution is 5.46. The van der Waals surface area contributed by atoms with E-state index in [-0.39, 0.29) is 0 Å². The molecule has 0 aliphatic rings. The Morgan fingerprint density at radius 3 is 2.35 bits per heavy atom. The van der Waals surface area contributed by atoms with Gasteiger partial charge in [0.2, 0.25) is 0 Å². The van der Waals surface area contributed by atoms with Crippen LogP contribution in [0.5, 0.6) is 11.5 Å². The molecule has 0 saturated heterocycles. The fourth-order valence-corrected chi connectivity index (χ4v) is 2.16. The van der Waals surface area contributed by atoms with E-state index >= 15 is 0 Å². The number of benzene rings is 2. The predicted octanol–water partition coefficient (Wildman–Crippen LogP) is 4.91. The topological polar surface area (TPSA) is 30.5 Å². The van der Waals surface area contributed by atoms with Crippen LogP contribution in [0.4, 0.5) is 5.69 Å². The molecule has 0 saturated carbocycles. The predicted molar refractivity (Wildman–Crippen MR) is 96.6 cm³/mol. The quantitative estimate of drug-likeness (QED) is 0.667. The number of hydrogen-bond acceptors (Lipinski definition) is 3. The van der Waals surface area contributed by atoms with Gasteiger partial charge < -0.3 is 14.8 Å². The molecule has 0 aliphatic carbocycles. The van der Waals surface area contributed by atoms with Crippen molar-refractivity contribution in [3.63, 3.8) is 0 Å². The zero-order chi connectivity index (χ0) is 16.5. The van der Waals surface area contributed by atoms with Crippen molar-refractivity contribution < 1.29 is 9.47 Å². The van der Waals surface area contributed by atoms with Gasteiger partial charge in [-0.25, -0.2) is 0 Å². The second-order valence-corrected chi connectivity index (χ2v) is 6.10. The standard InChI is InChI=1S/C20H27NO2/c1-16(2)12-14-22-19-10-8-18(9-11-19)21-13-15-23-20-7-5-4-6-17(20)3/h4-11,16,21H,12-15H2,1-3H3. The average molecular weight is 313 g/mol. The normalized spacial score (nSPS) is 10.6. The number of rotatable bonds is 9. The summed E-state index contributed by atoms with van der Waals surface area (Å²) < 4.78 is 11.5. The molecule has 3 nitrogen and oxygen atoms in total. The van der Waals surface area contributed by atoms with Crippen LogP contribution in [0.2, 0.25) is 0 Å². The van der Waals surface area contributed by atoms with Gasteiger partial charge in [0.25, 0.3) is 0 Å². The maximum atomic E-state index is 5.77. The van der Waals surface area contributed by atoms with Crippen LogP contribution in [0.15, 0.2) is 48.5 Å². The summed E-state index contributed by atoms with van der Waals surface area (Å²) in [5.74, 6) is 2.54. The molecule has 0 heterocycles. The van der Waals surface area contributed by atoms with Gasteiger partial charge in [0.05, 0.1) is 6.61 Å². The number of hydrogen-bond donors (Lipinski definition) is 1. The Hall–Kier alpha value is -2.16. The Morgan fingerprint density at radius 1 is 0.913 bits per heavy atom. The highest BCUT2D eigenvalue weighted by Gasteiger charge is 1.99. The van der Waals surface area contributed by atoms with Crippen LogP contribution in [0.25, 0.3) is 0 Å². The first-order valence-electron chi connectivity index (χ1n) is 8.30. The molecule has 0 radical (unpaired) electrons. The molecular formula is C20H27NO2. The third-order valence-electron chi connectivity index (χ3n) is 3.60. The van der Waals surface area contributed by atoms with E-state index in [9.17, 15) is 0 Å². The Balaban J connectivity index is 1.69. The van der Waals surface area contributed by atoms with E-state index in [2.05, 4.69) is 32.2 Å². The maximum absolute atomic E-state index is 5.77. The van der Waals surface area contributed by atoms with Crippen molar-refractivity contribution in [2.24, 2.45) is 5.92 Å². The van der Waals surface area contributed by atoms with Crippen molar-refractivity contribution in [2.75, 3.05) is 25.1 Å². The van der Waals surface area contributed by atoms with Crippen molar-refractivity contribution >= 4 is 5.69 Å². The summed E-state index contributed by atoms with van der Waals surface area (Å²) in [5.41, 5.74) is 2.24. The highest BCUT2D eigenvalue weighted by Crippen LogP contribution is 2.17. The summed E-state index contributed by atoms with van der Waals surface area (Å²) in [6.07, 6.45) is 1.08. The van der Waals surface area contributed by atoms with Crippen LogP contribution in [-0.4, -0.2) is 19.8 Å². The first-order valence-corrected chi connectivity index (χ1v) is 8.30. The van der Waals surface area contributed by atoms with E-state index in [1.54, 1.807) is 0 Å². The minimum absolute atomic E-state index is 0.636. The third kappa shape index (κ3) is 6.23. The minimum Gasteiger partial charge on any atom is -0.494 e.